The van der Waals surface area contributed by atoms with Gasteiger partial charge in [0.25, 0.3) is 0 Å². The van der Waals surface area contributed by atoms with Gasteiger partial charge in [0.05, 0.1) is 29.5 Å². The molecular formula is C19H26FN3O2S2. The molecule has 0 bridgehead atoms. The normalized spacial score (nSPS) is 21.1. The maximum absolute atomic E-state index is 14.6. The molecule has 0 saturated carbocycles. The summed E-state index contributed by atoms with van der Waals surface area (Å²) in [5.41, 5.74) is 1.13. The van der Waals surface area contributed by atoms with E-state index in [9.17, 15) is 9.18 Å². The molecule has 3 rings (SSSR count). The number of carbonyl (C=O) groups is 1. The molecule has 0 aliphatic carbocycles. The van der Waals surface area contributed by atoms with Gasteiger partial charge in [0.15, 0.2) is 0 Å². The van der Waals surface area contributed by atoms with Crippen molar-refractivity contribution in [1.82, 2.24) is 5.32 Å². The van der Waals surface area contributed by atoms with Crippen LogP contribution in [-0.2, 0) is 4.74 Å². The van der Waals surface area contributed by atoms with E-state index in [0.29, 0.717) is 30.4 Å². The van der Waals surface area contributed by atoms with E-state index in [1.165, 1.54) is 11.0 Å². The number of thiocarbonyl (C=S) groups is 1. The van der Waals surface area contributed by atoms with E-state index in [0.717, 1.165) is 36.0 Å². The van der Waals surface area contributed by atoms with E-state index in [1.54, 1.807) is 12.1 Å². The zero-order chi connectivity index (χ0) is 19.4. The molecule has 1 amide bonds. The zero-order valence-corrected chi connectivity index (χ0v) is 17.4. The van der Waals surface area contributed by atoms with Crippen molar-refractivity contribution in [2.75, 3.05) is 47.5 Å². The van der Waals surface area contributed by atoms with Crippen LogP contribution in [-0.4, -0.2) is 54.9 Å². The number of thioether (sulfide) groups is 1. The molecule has 2 aliphatic rings. The first-order chi connectivity index (χ1) is 13.0. The van der Waals surface area contributed by atoms with Crippen LogP contribution in [0.2, 0.25) is 0 Å². The molecule has 1 N–H and O–H groups in total. The zero-order valence-electron chi connectivity index (χ0n) is 15.7. The summed E-state index contributed by atoms with van der Waals surface area (Å²) in [7, 11) is 0. The highest BCUT2D eigenvalue weighted by molar-refractivity contribution is 7.99. The van der Waals surface area contributed by atoms with Gasteiger partial charge in [0.1, 0.15) is 11.9 Å². The van der Waals surface area contributed by atoms with Gasteiger partial charge in [-0.2, -0.15) is 11.8 Å². The van der Waals surface area contributed by atoms with Crippen LogP contribution >= 0.6 is 24.0 Å². The minimum Gasteiger partial charge on any atom is -0.442 e. The summed E-state index contributed by atoms with van der Waals surface area (Å²) >= 11 is 7.22. The Kier molecular flexibility index (Phi) is 6.81. The van der Waals surface area contributed by atoms with Crippen molar-refractivity contribution in [2.45, 2.75) is 26.4 Å². The largest absolute Gasteiger partial charge is 0.442 e. The molecular weight excluding hydrogens is 385 g/mol. The summed E-state index contributed by atoms with van der Waals surface area (Å²) in [5.74, 6) is 2.01. The summed E-state index contributed by atoms with van der Waals surface area (Å²) in [6.07, 6.45) is 0.211. The number of rotatable bonds is 6. The Labute approximate surface area is 169 Å². The van der Waals surface area contributed by atoms with Gasteiger partial charge in [-0.15, -0.1) is 0 Å². The smallest absolute Gasteiger partial charge is 0.414 e. The lowest BCUT2D eigenvalue weighted by molar-refractivity contribution is 0.142. The third kappa shape index (κ3) is 4.85. The van der Waals surface area contributed by atoms with Gasteiger partial charge in [0, 0.05) is 30.5 Å². The van der Waals surface area contributed by atoms with Crippen molar-refractivity contribution in [3.63, 3.8) is 0 Å². The van der Waals surface area contributed by atoms with Gasteiger partial charge >= 0.3 is 6.09 Å². The van der Waals surface area contributed by atoms with Crippen LogP contribution < -0.4 is 15.1 Å². The fourth-order valence-corrected chi connectivity index (χ4v) is 4.29. The summed E-state index contributed by atoms with van der Waals surface area (Å²) in [5, 5.41) is 3.18. The highest BCUT2D eigenvalue weighted by Crippen LogP contribution is 2.29. The van der Waals surface area contributed by atoms with Crippen molar-refractivity contribution in [3.05, 3.63) is 24.0 Å². The standard InChI is InChI=1S/C19H26FN3O2S2/c1-3-13(2)18(26)21-11-15-12-23(19(24)25-15)14-4-5-17(16(20)10-14)22-6-8-27-9-7-22/h4-5,10,13,15H,3,6-9,11-12H2,1-2H3,(H,21,26)/t13?,15-/m0/s1. The van der Waals surface area contributed by atoms with Crippen molar-refractivity contribution >= 4 is 46.4 Å². The van der Waals surface area contributed by atoms with Crippen LogP contribution in [0, 0.1) is 11.7 Å². The lowest BCUT2D eigenvalue weighted by Crippen LogP contribution is -2.36. The van der Waals surface area contributed by atoms with Crippen LogP contribution in [0.1, 0.15) is 20.3 Å². The topological polar surface area (TPSA) is 44.8 Å². The molecule has 5 nitrogen and oxygen atoms in total. The first-order valence-electron chi connectivity index (χ1n) is 9.37. The number of halogens is 1. The number of cyclic esters (lactones) is 1. The van der Waals surface area contributed by atoms with Crippen molar-refractivity contribution in [3.8, 4) is 0 Å². The first-order valence-corrected chi connectivity index (χ1v) is 10.9. The van der Waals surface area contributed by atoms with Gasteiger partial charge in [-0.1, -0.05) is 26.1 Å². The Morgan fingerprint density at radius 1 is 1.44 bits per heavy atom. The lowest BCUT2D eigenvalue weighted by Gasteiger charge is -2.29. The quantitative estimate of drug-likeness (QED) is 0.721. The number of benzene rings is 1. The Balaban J connectivity index is 1.62. The summed E-state index contributed by atoms with van der Waals surface area (Å²) in [6.45, 7) is 6.68. The molecule has 0 spiro atoms. The molecule has 0 aromatic heterocycles. The first kappa shape index (κ1) is 20.2. The van der Waals surface area contributed by atoms with E-state index >= 15 is 0 Å². The lowest BCUT2D eigenvalue weighted by atomic mass is 10.1. The highest BCUT2D eigenvalue weighted by atomic mass is 32.2. The van der Waals surface area contributed by atoms with Gasteiger partial charge in [0.2, 0.25) is 0 Å². The van der Waals surface area contributed by atoms with Crippen molar-refractivity contribution in [2.24, 2.45) is 5.92 Å². The number of nitrogens with zero attached hydrogens (tertiary/aromatic N) is 2. The molecule has 1 unspecified atom stereocenters. The predicted octanol–water partition coefficient (Wildman–Crippen LogP) is 3.67. The third-order valence-electron chi connectivity index (χ3n) is 5.03. The molecule has 148 valence electrons. The monoisotopic (exact) mass is 411 g/mol. The minimum atomic E-state index is -0.446. The number of anilines is 2. The number of amides is 1. The number of ether oxygens (including phenoxy) is 1. The molecule has 2 fully saturated rings. The second-order valence-electron chi connectivity index (χ2n) is 6.91. The highest BCUT2D eigenvalue weighted by Gasteiger charge is 2.33. The van der Waals surface area contributed by atoms with Crippen molar-refractivity contribution < 1.29 is 13.9 Å². The average Bonchev–Trinajstić information content (AvgIpc) is 3.06. The SMILES string of the molecule is CCC(C)C(=S)NC[C@H]1CN(c2ccc(N3CCSCC3)c(F)c2)C(=O)O1. The third-order valence-corrected chi connectivity index (χ3v) is 6.52. The Morgan fingerprint density at radius 2 is 2.19 bits per heavy atom. The summed E-state index contributed by atoms with van der Waals surface area (Å²) in [4.78, 5) is 16.5. The Hall–Kier alpha value is -1.54. The number of nitrogens with one attached hydrogen (secondary N) is 1. The molecule has 2 atom stereocenters. The maximum atomic E-state index is 14.6. The van der Waals surface area contributed by atoms with Gasteiger partial charge in [-0.3, -0.25) is 4.90 Å². The predicted molar refractivity (Wildman–Crippen MR) is 114 cm³/mol. The fraction of sp³-hybridized carbons (Fsp3) is 0.579. The number of hydrogen-bond acceptors (Lipinski definition) is 5. The Morgan fingerprint density at radius 3 is 2.85 bits per heavy atom. The van der Waals surface area contributed by atoms with Gasteiger partial charge < -0.3 is 15.0 Å². The molecule has 2 saturated heterocycles. The van der Waals surface area contributed by atoms with Crippen LogP contribution in [0.15, 0.2) is 18.2 Å². The molecule has 0 radical (unpaired) electrons. The minimum absolute atomic E-state index is 0.294. The Bertz CT molecular complexity index is 698. The van der Waals surface area contributed by atoms with Crippen molar-refractivity contribution in [1.29, 1.82) is 0 Å². The van der Waals surface area contributed by atoms with Crippen LogP contribution in [0.25, 0.3) is 0 Å². The van der Waals surface area contributed by atoms with E-state index in [4.69, 9.17) is 17.0 Å². The molecule has 2 aliphatic heterocycles. The fourth-order valence-electron chi connectivity index (χ4n) is 3.14. The van der Waals surface area contributed by atoms with E-state index < -0.39 is 6.09 Å². The summed E-state index contributed by atoms with van der Waals surface area (Å²) in [6, 6.07) is 4.98. The van der Waals surface area contributed by atoms with E-state index in [1.807, 2.05) is 11.8 Å². The van der Waals surface area contributed by atoms with Gasteiger partial charge in [-0.05, 0) is 24.6 Å². The molecule has 27 heavy (non-hydrogen) atoms. The van der Waals surface area contributed by atoms with Crippen LogP contribution in [0.4, 0.5) is 20.6 Å². The van der Waals surface area contributed by atoms with Crippen LogP contribution in [0.5, 0.6) is 0 Å². The second-order valence-corrected chi connectivity index (χ2v) is 8.57. The average molecular weight is 412 g/mol. The number of hydrogen-bond donors (Lipinski definition) is 1. The molecule has 1 aromatic carbocycles. The maximum Gasteiger partial charge on any atom is 0.414 e. The number of carbonyl (C=O) groups excluding carboxylic acids is 1. The molecule has 2 heterocycles. The second kappa shape index (κ2) is 9.10. The molecule has 1 aromatic rings. The summed E-state index contributed by atoms with van der Waals surface area (Å²) < 4.78 is 20.0. The van der Waals surface area contributed by atoms with E-state index in [2.05, 4.69) is 24.1 Å². The molecule has 8 heteroatoms. The van der Waals surface area contributed by atoms with Crippen LogP contribution in [0.3, 0.4) is 0 Å². The van der Waals surface area contributed by atoms with Gasteiger partial charge in [-0.25, -0.2) is 9.18 Å². The van der Waals surface area contributed by atoms with E-state index in [-0.39, 0.29) is 11.9 Å².